The summed E-state index contributed by atoms with van der Waals surface area (Å²) in [6.45, 7) is 2.32. The average Bonchev–Trinajstić information content (AvgIpc) is 2.46. The molecule has 0 bridgehead atoms. The van der Waals surface area contributed by atoms with E-state index in [1.807, 2.05) is 0 Å². The molecule has 0 saturated heterocycles. The van der Waals surface area contributed by atoms with E-state index < -0.39 is 0 Å². The highest BCUT2D eigenvalue weighted by atomic mass is 79.9. The molecule has 1 nitrogen and oxygen atoms in total. The fourth-order valence-electron chi connectivity index (χ4n) is 3.02. The smallest absolute Gasteiger partial charge is 0.0485 e. The lowest BCUT2D eigenvalue weighted by Gasteiger charge is -2.36. The van der Waals surface area contributed by atoms with Crippen molar-refractivity contribution in [2.75, 3.05) is 11.9 Å². The molecule has 1 aliphatic carbocycles. The summed E-state index contributed by atoms with van der Waals surface area (Å²) in [7, 11) is 2.22. The maximum Gasteiger partial charge on any atom is 0.0485 e. The Morgan fingerprint density at radius 3 is 2.47 bits per heavy atom. The van der Waals surface area contributed by atoms with E-state index in [4.69, 9.17) is 11.6 Å². The number of rotatable bonds is 4. The van der Waals surface area contributed by atoms with E-state index in [2.05, 4.69) is 53.0 Å². The summed E-state index contributed by atoms with van der Waals surface area (Å²) in [5, 5.41) is 0. The summed E-state index contributed by atoms with van der Waals surface area (Å²) >= 11 is 9.51. The minimum Gasteiger partial charge on any atom is -0.372 e. The predicted molar refractivity (Wildman–Crippen MR) is 88.1 cm³/mol. The van der Waals surface area contributed by atoms with Gasteiger partial charge in [0.25, 0.3) is 0 Å². The normalized spacial score (nSPS) is 23.4. The third-order valence-corrected chi connectivity index (χ3v) is 5.56. The van der Waals surface area contributed by atoms with Crippen LogP contribution in [0.5, 0.6) is 0 Å². The van der Waals surface area contributed by atoms with Crippen LogP contribution in [0.25, 0.3) is 0 Å². The third kappa shape index (κ3) is 3.66. The maximum atomic E-state index is 5.90. The highest BCUT2D eigenvalue weighted by Crippen LogP contribution is 2.32. The summed E-state index contributed by atoms with van der Waals surface area (Å²) in [4.78, 5) is 2.44. The maximum absolute atomic E-state index is 5.90. The third-order valence-electron chi connectivity index (χ3n) is 4.53. The summed E-state index contributed by atoms with van der Waals surface area (Å²) < 4.78 is 1.12. The fourth-order valence-corrected chi connectivity index (χ4v) is 3.92. The number of hydrogen-bond acceptors (Lipinski definition) is 1. The molecule has 0 radical (unpaired) electrons. The molecule has 0 amide bonds. The van der Waals surface area contributed by atoms with Crippen LogP contribution in [0, 0.1) is 5.92 Å². The molecule has 1 saturated carbocycles. The van der Waals surface area contributed by atoms with Crippen LogP contribution in [0.3, 0.4) is 0 Å². The number of anilines is 1. The van der Waals surface area contributed by atoms with E-state index >= 15 is 0 Å². The van der Waals surface area contributed by atoms with E-state index in [0.717, 1.165) is 16.0 Å². The minimum atomic E-state index is 0.562. The van der Waals surface area contributed by atoms with Gasteiger partial charge in [-0.3, -0.25) is 0 Å². The van der Waals surface area contributed by atoms with Gasteiger partial charge in [0.1, 0.15) is 0 Å². The van der Waals surface area contributed by atoms with Crippen molar-refractivity contribution in [1.82, 2.24) is 0 Å². The molecule has 0 aromatic heterocycles. The first-order valence-electron chi connectivity index (χ1n) is 7.23. The highest BCUT2D eigenvalue weighted by Gasteiger charge is 2.23. The van der Waals surface area contributed by atoms with Crippen LogP contribution >= 0.6 is 27.5 Å². The van der Waals surface area contributed by atoms with E-state index in [1.165, 1.54) is 37.8 Å². The van der Waals surface area contributed by atoms with Gasteiger partial charge >= 0.3 is 0 Å². The molecule has 19 heavy (non-hydrogen) atoms. The van der Waals surface area contributed by atoms with Gasteiger partial charge in [0.2, 0.25) is 0 Å². The predicted octanol–water partition coefficient (Wildman–Crippen LogP) is 5.59. The molecule has 0 atom stereocenters. The summed E-state index contributed by atoms with van der Waals surface area (Å²) in [6.07, 6.45) is 6.75. The van der Waals surface area contributed by atoms with Gasteiger partial charge in [-0.25, -0.2) is 0 Å². The van der Waals surface area contributed by atoms with Crippen LogP contribution < -0.4 is 4.90 Å². The second-order valence-corrected chi connectivity index (χ2v) is 6.72. The summed E-state index contributed by atoms with van der Waals surface area (Å²) in [5.41, 5.74) is 2.45. The molecule has 0 unspecified atom stereocenters. The average molecular weight is 345 g/mol. The Balaban J connectivity index is 2.03. The van der Waals surface area contributed by atoms with Crippen LogP contribution in [0.2, 0.25) is 0 Å². The van der Waals surface area contributed by atoms with Crippen molar-refractivity contribution in [3.05, 3.63) is 28.2 Å². The standard InChI is InChI=1S/C16H23BrClN/c1-3-12-4-7-14(8-5-12)19(2)15-9-6-13(11-18)16(17)10-15/h6,9-10,12,14H,3-5,7-8,11H2,1-2H3. The summed E-state index contributed by atoms with van der Waals surface area (Å²) in [6, 6.07) is 7.20. The molecule has 0 N–H and O–H groups in total. The van der Waals surface area contributed by atoms with Gasteiger partial charge in [0.15, 0.2) is 0 Å². The zero-order valence-corrected chi connectivity index (χ0v) is 14.2. The second-order valence-electron chi connectivity index (χ2n) is 5.60. The molecular weight excluding hydrogens is 322 g/mol. The number of alkyl halides is 1. The number of halogens is 2. The van der Waals surface area contributed by atoms with Crippen molar-refractivity contribution in [1.29, 1.82) is 0 Å². The SMILES string of the molecule is CCC1CCC(N(C)c2ccc(CCl)c(Br)c2)CC1. The van der Waals surface area contributed by atoms with Gasteiger partial charge in [-0.2, -0.15) is 0 Å². The quantitative estimate of drug-likeness (QED) is 0.643. The van der Waals surface area contributed by atoms with E-state index in [1.54, 1.807) is 0 Å². The first-order chi connectivity index (χ1) is 9.15. The Morgan fingerprint density at radius 1 is 1.26 bits per heavy atom. The molecule has 0 spiro atoms. The van der Waals surface area contributed by atoms with Crippen LogP contribution in [0.4, 0.5) is 5.69 Å². The topological polar surface area (TPSA) is 3.24 Å². The molecule has 0 aliphatic heterocycles. The van der Waals surface area contributed by atoms with E-state index in [9.17, 15) is 0 Å². The lowest BCUT2D eigenvalue weighted by atomic mass is 9.84. The van der Waals surface area contributed by atoms with Crippen molar-refractivity contribution in [3.8, 4) is 0 Å². The Labute approximate surface area is 130 Å². The largest absolute Gasteiger partial charge is 0.372 e. The lowest BCUT2D eigenvalue weighted by Crippen LogP contribution is -2.35. The van der Waals surface area contributed by atoms with Crippen molar-refractivity contribution in [2.24, 2.45) is 5.92 Å². The minimum absolute atomic E-state index is 0.562. The first kappa shape index (κ1) is 15.2. The zero-order valence-electron chi connectivity index (χ0n) is 11.8. The molecule has 1 fully saturated rings. The van der Waals surface area contributed by atoms with E-state index in [-0.39, 0.29) is 0 Å². The summed E-state index contributed by atoms with van der Waals surface area (Å²) in [5.74, 6) is 1.52. The van der Waals surface area contributed by atoms with Crippen molar-refractivity contribution in [2.45, 2.75) is 50.9 Å². The van der Waals surface area contributed by atoms with Crippen LogP contribution in [-0.2, 0) is 5.88 Å². The Hall–Kier alpha value is -0.210. The molecule has 0 heterocycles. The van der Waals surface area contributed by atoms with Gasteiger partial charge in [0.05, 0.1) is 0 Å². The molecule has 1 aromatic rings. The number of nitrogens with zero attached hydrogens (tertiary/aromatic N) is 1. The van der Waals surface area contributed by atoms with Crippen molar-refractivity contribution in [3.63, 3.8) is 0 Å². The number of benzene rings is 1. The van der Waals surface area contributed by atoms with Crippen LogP contribution in [0.1, 0.15) is 44.6 Å². The van der Waals surface area contributed by atoms with Gasteiger partial charge < -0.3 is 4.90 Å². The number of hydrogen-bond donors (Lipinski definition) is 0. The molecule has 3 heteroatoms. The van der Waals surface area contributed by atoms with Crippen molar-refractivity contribution >= 4 is 33.2 Å². The second kappa shape index (κ2) is 6.99. The Bertz CT molecular complexity index is 413. The molecule has 1 aromatic carbocycles. The van der Waals surface area contributed by atoms with E-state index in [0.29, 0.717) is 11.9 Å². The Morgan fingerprint density at radius 2 is 1.95 bits per heavy atom. The molecule has 2 rings (SSSR count). The van der Waals surface area contributed by atoms with Crippen LogP contribution in [-0.4, -0.2) is 13.1 Å². The highest BCUT2D eigenvalue weighted by molar-refractivity contribution is 9.10. The molecular formula is C16H23BrClN. The van der Waals surface area contributed by atoms with Gasteiger partial charge in [-0.05, 0) is 49.3 Å². The van der Waals surface area contributed by atoms with Gasteiger partial charge in [0, 0.05) is 29.1 Å². The first-order valence-corrected chi connectivity index (χ1v) is 8.55. The Kier molecular flexibility index (Phi) is 5.58. The fraction of sp³-hybridized carbons (Fsp3) is 0.625. The molecule has 1 aliphatic rings. The van der Waals surface area contributed by atoms with Crippen LogP contribution in [0.15, 0.2) is 22.7 Å². The monoisotopic (exact) mass is 343 g/mol. The zero-order chi connectivity index (χ0) is 13.8. The van der Waals surface area contributed by atoms with Gasteiger partial charge in [-0.15, -0.1) is 11.6 Å². The molecule has 106 valence electrons. The van der Waals surface area contributed by atoms with Crippen molar-refractivity contribution < 1.29 is 0 Å². The lowest BCUT2D eigenvalue weighted by molar-refractivity contribution is 0.313. The van der Waals surface area contributed by atoms with Gasteiger partial charge in [-0.1, -0.05) is 35.3 Å².